The van der Waals surface area contributed by atoms with Gasteiger partial charge < -0.3 is 4.90 Å². The van der Waals surface area contributed by atoms with Gasteiger partial charge in [0.15, 0.2) is 0 Å². The van der Waals surface area contributed by atoms with Crippen molar-refractivity contribution >= 4 is 17.1 Å². The Morgan fingerprint density at radius 2 is 0.861 bits per heavy atom. The number of hydrogen-bond acceptors (Lipinski definition) is 3. The molecule has 8 aromatic rings. The lowest BCUT2D eigenvalue weighted by Gasteiger charge is -2.31. The van der Waals surface area contributed by atoms with E-state index >= 15 is 0 Å². The Morgan fingerprint density at radius 3 is 1.40 bits per heavy atom. The smallest absolute Gasteiger partial charge is 0.144 e. The van der Waals surface area contributed by atoms with E-state index < -0.39 is 0 Å². The molecule has 12 rings (SSSR count). The van der Waals surface area contributed by atoms with E-state index in [4.69, 9.17) is 9.97 Å². The van der Waals surface area contributed by atoms with Crippen LogP contribution in [0.15, 0.2) is 158 Å². The molecule has 6 aromatic carbocycles. The summed E-state index contributed by atoms with van der Waals surface area (Å²) in [6, 6.07) is 50.6. The van der Waals surface area contributed by atoms with E-state index in [0.29, 0.717) is 23.7 Å². The largest absolute Gasteiger partial charge is 0.310 e. The highest BCUT2D eigenvalue weighted by molar-refractivity contribution is 5.82. The third kappa shape index (κ3) is 9.52. The van der Waals surface area contributed by atoms with Gasteiger partial charge in [0.2, 0.25) is 0 Å². The molecule has 0 bridgehead atoms. The Balaban J connectivity index is 0.966. The van der Waals surface area contributed by atoms with Crippen molar-refractivity contribution < 1.29 is 0 Å². The summed E-state index contributed by atoms with van der Waals surface area (Å²) in [4.78, 5) is 12.7. The van der Waals surface area contributed by atoms with Crippen LogP contribution in [-0.4, -0.2) is 19.1 Å². The predicted octanol–water partition coefficient (Wildman–Crippen LogP) is 19.0. The van der Waals surface area contributed by atoms with Gasteiger partial charge in [-0.3, -0.25) is 9.13 Å². The van der Waals surface area contributed by atoms with Gasteiger partial charge in [-0.2, -0.15) is 0 Å². The molecule has 72 heavy (non-hydrogen) atoms. The molecule has 5 heteroatoms. The number of aromatic nitrogens is 4. The van der Waals surface area contributed by atoms with Crippen LogP contribution in [0.5, 0.6) is 0 Å². The molecule has 5 nitrogen and oxygen atoms in total. The Hall–Kier alpha value is -6.46. The summed E-state index contributed by atoms with van der Waals surface area (Å²) in [7, 11) is 0. The second-order valence-electron chi connectivity index (χ2n) is 22.0. The SMILES string of the molecule is Cc1cc(C2CCCCC2)c(-n2ccnc2-c2cccc(N(c3ccccc3)c3cccc(-c4cncn4-c4c(C5CCCCC5)cc(-c5ccccc5)cc4C4CCCCC4)c3)c2)c(C2CCCCC2)c1. The average molecular weight is 948 g/mol. The molecule has 0 radical (unpaired) electrons. The number of para-hydroxylation sites is 1. The number of rotatable bonds is 12. The number of anilines is 3. The maximum atomic E-state index is 5.23. The summed E-state index contributed by atoms with van der Waals surface area (Å²) < 4.78 is 4.97. The van der Waals surface area contributed by atoms with Crippen LogP contribution in [0.25, 0.3) is 45.1 Å². The molecule has 2 heterocycles. The van der Waals surface area contributed by atoms with Crippen molar-refractivity contribution in [3.63, 3.8) is 0 Å². The Labute approximate surface area is 429 Å². The van der Waals surface area contributed by atoms with Gasteiger partial charge in [0.05, 0.1) is 29.6 Å². The molecular formula is C67H73N5. The number of aryl methyl sites for hydroxylation is 1. The molecule has 4 fully saturated rings. The zero-order valence-electron chi connectivity index (χ0n) is 42.7. The second kappa shape index (κ2) is 21.3. The van der Waals surface area contributed by atoms with Gasteiger partial charge in [-0.15, -0.1) is 0 Å². The first kappa shape index (κ1) is 46.6. The number of imidazole rings is 2. The van der Waals surface area contributed by atoms with Crippen LogP contribution < -0.4 is 4.90 Å². The van der Waals surface area contributed by atoms with Crippen LogP contribution in [0.1, 0.15) is 180 Å². The van der Waals surface area contributed by atoms with Gasteiger partial charge in [0.1, 0.15) is 5.82 Å². The van der Waals surface area contributed by atoms with Gasteiger partial charge in [-0.05, 0) is 164 Å². The normalized spacial score (nSPS) is 17.6. The zero-order valence-corrected chi connectivity index (χ0v) is 42.7. The summed E-state index contributed by atoms with van der Waals surface area (Å²) in [5.41, 5.74) is 19.8. The van der Waals surface area contributed by atoms with E-state index in [1.807, 2.05) is 6.20 Å². The maximum Gasteiger partial charge on any atom is 0.144 e. The minimum atomic E-state index is 0.529. The summed E-state index contributed by atoms with van der Waals surface area (Å²) in [6.07, 6.45) is 34.4. The van der Waals surface area contributed by atoms with Crippen molar-refractivity contribution in [1.82, 2.24) is 19.1 Å². The third-order valence-corrected chi connectivity index (χ3v) is 17.3. The molecule has 4 aliphatic carbocycles. The molecule has 0 aliphatic heterocycles. The number of benzene rings is 6. The van der Waals surface area contributed by atoms with Crippen molar-refractivity contribution in [2.24, 2.45) is 0 Å². The topological polar surface area (TPSA) is 38.9 Å². The summed E-state index contributed by atoms with van der Waals surface area (Å²) in [5.74, 6) is 3.24. The van der Waals surface area contributed by atoms with Gasteiger partial charge in [0.25, 0.3) is 0 Å². The minimum absolute atomic E-state index is 0.529. The average Bonchev–Trinajstić information content (AvgIpc) is 4.16. The first-order valence-electron chi connectivity index (χ1n) is 28.1. The molecule has 4 saturated carbocycles. The molecule has 0 spiro atoms. The quantitative estimate of drug-likeness (QED) is 0.122. The van der Waals surface area contributed by atoms with Crippen molar-refractivity contribution in [3.8, 4) is 45.1 Å². The van der Waals surface area contributed by atoms with Crippen molar-refractivity contribution in [1.29, 1.82) is 0 Å². The van der Waals surface area contributed by atoms with Crippen molar-refractivity contribution in [2.45, 2.75) is 159 Å². The minimum Gasteiger partial charge on any atom is -0.310 e. The monoisotopic (exact) mass is 948 g/mol. The van der Waals surface area contributed by atoms with Crippen LogP contribution in [0.3, 0.4) is 0 Å². The molecule has 4 aliphatic rings. The third-order valence-electron chi connectivity index (χ3n) is 17.3. The standard InChI is InChI=1S/C67H73N5/c1-48-40-60(50-24-10-3-11-25-50)65(61(41-48)51-26-12-4-13-27-51)70-39-38-69-67(70)55-33-21-37-59(43-55)72(57-34-18-7-19-35-57)58-36-20-32-54(42-58)64-46-68-47-71(64)66-62(52-28-14-5-15-29-52)44-56(49-22-8-2-9-23-49)45-63(66)53-30-16-6-17-31-53/h2,7-9,18-23,32-47,50-53H,3-6,10-17,24-31H2,1H3. The zero-order chi connectivity index (χ0) is 48.2. The molecule has 0 amide bonds. The van der Waals surface area contributed by atoms with Crippen LogP contribution >= 0.6 is 0 Å². The second-order valence-corrected chi connectivity index (χ2v) is 22.0. The van der Waals surface area contributed by atoms with E-state index in [0.717, 1.165) is 34.1 Å². The van der Waals surface area contributed by atoms with Crippen molar-refractivity contribution in [3.05, 3.63) is 186 Å². The van der Waals surface area contributed by atoms with Crippen LogP contribution in [0.2, 0.25) is 0 Å². The fourth-order valence-corrected chi connectivity index (χ4v) is 13.8. The molecule has 366 valence electrons. The lowest BCUT2D eigenvalue weighted by atomic mass is 9.77. The van der Waals surface area contributed by atoms with Crippen LogP contribution in [-0.2, 0) is 0 Å². The highest BCUT2D eigenvalue weighted by Crippen LogP contribution is 2.48. The van der Waals surface area contributed by atoms with Gasteiger partial charge in [-0.25, -0.2) is 9.97 Å². The molecule has 0 saturated heterocycles. The number of nitrogens with zero attached hydrogens (tertiary/aromatic N) is 5. The molecule has 0 unspecified atom stereocenters. The summed E-state index contributed by atoms with van der Waals surface area (Å²) in [6.45, 7) is 2.33. The Morgan fingerprint density at radius 1 is 0.417 bits per heavy atom. The predicted molar refractivity (Wildman–Crippen MR) is 300 cm³/mol. The highest BCUT2D eigenvalue weighted by atomic mass is 15.1. The highest BCUT2D eigenvalue weighted by Gasteiger charge is 2.30. The van der Waals surface area contributed by atoms with Crippen molar-refractivity contribution in [2.75, 3.05) is 4.90 Å². The lowest BCUT2D eigenvalue weighted by Crippen LogP contribution is -2.15. The molecular weight excluding hydrogens is 875 g/mol. The summed E-state index contributed by atoms with van der Waals surface area (Å²) in [5, 5.41) is 0. The van der Waals surface area contributed by atoms with E-state index in [9.17, 15) is 0 Å². The van der Waals surface area contributed by atoms with E-state index in [-0.39, 0.29) is 0 Å². The van der Waals surface area contributed by atoms with E-state index in [1.54, 1.807) is 0 Å². The number of hydrogen-bond donors (Lipinski definition) is 0. The van der Waals surface area contributed by atoms with Gasteiger partial charge >= 0.3 is 0 Å². The first-order valence-corrected chi connectivity index (χ1v) is 28.1. The Bertz CT molecular complexity index is 3000. The van der Waals surface area contributed by atoms with E-state index in [1.165, 1.54) is 184 Å². The molecule has 0 atom stereocenters. The Kier molecular flexibility index (Phi) is 13.8. The lowest BCUT2D eigenvalue weighted by molar-refractivity contribution is 0.433. The van der Waals surface area contributed by atoms with Gasteiger partial charge in [-0.1, -0.05) is 168 Å². The van der Waals surface area contributed by atoms with Crippen LogP contribution in [0, 0.1) is 6.92 Å². The maximum absolute atomic E-state index is 5.23. The van der Waals surface area contributed by atoms with Crippen LogP contribution in [0.4, 0.5) is 17.1 Å². The van der Waals surface area contributed by atoms with Gasteiger partial charge in [0, 0.05) is 40.6 Å². The van der Waals surface area contributed by atoms with E-state index in [2.05, 4.69) is 173 Å². The summed E-state index contributed by atoms with van der Waals surface area (Å²) >= 11 is 0. The molecule has 2 aromatic heterocycles. The first-order chi connectivity index (χ1) is 35.6. The molecule has 0 N–H and O–H groups in total. The fraction of sp³-hybridized carbons (Fsp3) is 0.373. The fourth-order valence-electron chi connectivity index (χ4n) is 13.8.